The van der Waals surface area contributed by atoms with Gasteiger partial charge in [0.25, 0.3) is 0 Å². The summed E-state index contributed by atoms with van der Waals surface area (Å²) in [7, 11) is 0. The number of hydrogen-bond acceptors (Lipinski definition) is 3. The van der Waals surface area contributed by atoms with Crippen molar-refractivity contribution in [2.75, 3.05) is 12.9 Å². The predicted molar refractivity (Wildman–Crippen MR) is 86.2 cm³/mol. The molecule has 0 radical (unpaired) electrons. The number of benzene rings is 1. The molecule has 1 aliphatic rings. The Kier molecular flexibility index (Phi) is 5.52. The van der Waals surface area contributed by atoms with Gasteiger partial charge in [-0.3, -0.25) is 0 Å². The lowest BCUT2D eigenvalue weighted by Gasteiger charge is -2.22. The number of rotatable bonds is 5. The van der Waals surface area contributed by atoms with Crippen molar-refractivity contribution in [3.63, 3.8) is 0 Å². The average molecular weight is 295 g/mol. The highest BCUT2D eigenvalue weighted by molar-refractivity contribution is 7.98. The Balaban J connectivity index is 2.08. The molecule has 2 rings (SSSR count). The van der Waals surface area contributed by atoms with Crippen LogP contribution in [0.15, 0.2) is 23.1 Å². The van der Waals surface area contributed by atoms with Crippen LogP contribution in [-0.2, 0) is 0 Å². The molecule has 0 bridgehead atoms. The molecule has 1 aliphatic carbocycles. The normalized spacial score (nSPS) is 16.3. The Morgan fingerprint density at radius 2 is 2.11 bits per heavy atom. The van der Waals surface area contributed by atoms with E-state index in [0.717, 1.165) is 22.8 Å². The lowest BCUT2D eigenvalue weighted by Crippen LogP contribution is -2.18. The summed E-state index contributed by atoms with van der Waals surface area (Å²) in [4.78, 5) is 1.51. The maximum atomic E-state index is 6.00. The second-order valence-corrected chi connectivity index (χ2v) is 6.30. The van der Waals surface area contributed by atoms with E-state index in [-0.39, 0.29) is 0 Å². The molecule has 104 valence electrons. The first-order chi connectivity index (χ1) is 9.22. The number of ether oxygens (including phenoxy) is 1. The molecular weight excluding hydrogens is 274 g/mol. The van der Waals surface area contributed by atoms with E-state index in [1.54, 1.807) is 11.8 Å². The predicted octanol–water partition coefficient (Wildman–Crippen LogP) is 4.00. The van der Waals surface area contributed by atoms with E-state index >= 15 is 0 Å². The molecule has 4 heteroatoms. The second-order valence-electron chi connectivity index (χ2n) is 5.01. The summed E-state index contributed by atoms with van der Waals surface area (Å²) >= 11 is 6.81. The van der Waals surface area contributed by atoms with Crippen LogP contribution in [0.3, 0.4) is 0 Å². The van der Waals surface area contributed by atoms with Crippen molar-refractivity contribution in [1.82, 2.24) is 0 Å². The fourth-order valence-electron chi connectivity index (χ4n) is 2.61. The molecule has 1 saturated carbocycles. The maximum Gasteiger partial charge on any atom is 0.130 e. The van der Waals surface area contributed by atoms with Crippen molar-refractivity contribution < 1.29 is 4.74 Å². The van der Waals surface area contributed by atoms with Gasteiger partial charge in [-0.15, -0.1) is 11.8 Å². The molecule has 1 aromatic carbocycles. The fraction of sp³-hybridized carbons (Fsp3) is 0.533. The molecular formula is C15H21NOS2. The van der Waals surface area contributed by atoms with Crippen LogP contribution in [0.4, 0.5) is 0 Å². The largest absolute Gasteiger partial charge is 0.493 e. The van der Waals surface area contributed by atoms with Gasteiger partial charge in [-0.25, -0.2) is 0 Å². The summed E-state index contributed by atoms with van der Waals surface area (Å²) in [5, 5.41) is 0. The monoisotopic (exact) mass is 295 g/mol. The van der Waals surface area contributed by atoms with Gasteiger partial charge in [0.2, 0.25) is 0 Å². The quantitative estimate of drug-likeness (QED) is 0.658. The lowest BCUT2D eigenvalue weighted by atomic mass is 9.90. The molecule has 1 fully saturated rings. The smallest absolute Gasteiger partial charge is 0.130 e. The Morgan fingerprint density at radius 3 is 2.74 bits per heavy atom. The van der Waals surface area contributed by atoms with Gasteiger partial charge < -0.3 is 10.5 Å². The molecule has 0 atom stereocenters. The summed E-state index contributed by atoms with van der Waals surface area (Å²) in [6.45, 7) is 0.785. The standard InChI is InChI=1S/C15H21NOS2/c1-19-13-9-5-8-12(14(13)15(16)18)17-10-11-6-3-2-4-7-11/h5,8-9,11H,2-4,6-7,10H2,1H3,(H2,16,18). The molecule has 2 nitrogen and oxygen atoms in total. The molecule has 0 spiro atoms. The van der Waals surface area contributed by atoms with E-state index in [1.165, 1.54) is 32.1 Å². The van der Waals surface area contributed by atoms with E-state index in [2.05, 4.69) is 0 Å². The molecule has 0 unspecified atom stereocenters. The highest BCUT2D eigenvalue weighted by Gasteiger charge is 2.16. The highest BCUT2D eigenvalue weighted by Crippen LogP contribution is 2.30. The van der Waals surface area contributed by atoms with Gasteiger partial charge >= 0.3 is 0 Å². The van der Waals surface area contributed by atoms with Crippen molar-refractivity contribution in [2.45, 2.75) is 37.0 Å². The molecule has 1 aromatic rings. The SMILES string of the molecule is CSc1cccc(OCC2CCCCC2)c1C(N)=S. The van der Waals surface area contributed by atoms with Crippen LogP contribution in [0.2, 0.25) is 0 Å². The summed E-state index contributed by atoms with van der Waals surface area (Å²) in [6.07, 6.45) is 8.63. The van der Waals surface area contributed by atoms with Crippen molar-refractivity contribution >= 4 is 29.0 Å². The van der Waals surface area contributed by atoms with Crippen LogP contribution in [0.1, 0.15) is 37.7 Å². The van der Waals surface area contributed by atoms with Crippen molar-refractivity contribution in [3.8, 4) is 5.75 Å². The van der Waals surface area contributed by atoms with Crippen LogP contribution < -0.4 is 10.5 Å². The first-order valence-electron chi connectivity index (χ1n) is 6.82. The van der Waals surface area contributed by atoms with Gasteiger partial charge in [-0.2, -0.15) is 0 Å². The first-order valence-corrected chi connectivity index (χ1v) is 8.45. The van der Waals surface area contributed by atoms with Gasteiger partial charge in [-0.05, 0) is 37.1 Å². The van der Waals surface area contributed by atoms with Crippen molar-refractivity contribution in [2.24, 2.45) is 11.7 Å². The first kappa shape index (κ1) is 14.7. The molecule has 0 heterocycles. The summed E-state index contributed by atoms with van der Waals surface area (Å²) in [5.41, 5.74) is 6.73. The number of thiocarbonyl (C=S) groups is 1. The topological polar surface area (TPSA) is 35.2 Å². The van der Waals surface area contributed by atoms with Crippen molar-refractivity contribution in [1.29, 1.82) is 0 Å². The number of hydrogen-bond donors (Lipinski definition) is 1. The molecule has 0 aliphatic heterocycles. The molecule has 0 amide bonds. The minimum atomic E-state index is 0.420. The molecule has 19 heavy (non-hydrogen) atoms. The number of nitrogens with two attached hydrogens (primary N) is 1. The summed E-state index contributed by atoms with van der Waals surface area (Å²) < 4.78 is 6.00. The zero-order valence-corrected chi connectivity index (χ0v) is 13.0. The Labute approximate surface area is 125 Å². The van der Waals surface area contributed by atoms with E-state index < -0.39 is 0 Å². The summed E-state index contributed by atoms with van der Waals surface area (Å²) in [5.74, 6) is 1.52. The van der Waals surface area contributed by atoms with Crippen molar-refractivity contribution in [3.05, 3.63) is 23.8 Å². The van der Waals surface area contributed by atoms with Gasteiger partial charge in [0.15, 0.2) is 0 Å². The van der Waals surface area contributed by atoms with E-state index in [0.29, 0.717) is 10.9 Å². The Morgan fingerprint density at radius 1 is 1.37 bits per heavy atom. The van der Waals surface area contributed by atoms with Gasteiger partial charge in [0.1, 0.15) is 10.7 Å². The minimum Gasteiger partial charge on any atom is -0.493 e. The number of thioether (sulfide) groups is 1. The van der Waals surface area contributed by atoms with Gasteiger partial charge in [0, 0.05) is 4.90 Å². The third-order valence-electron chi connectivity index (χ3n) is 3.65. The van der Waals surface area contributed by atoms with Crippen LogP contribution in [0.25, 0.3) is 0 Å². The van der Waals surface area contributed by atoms with Crippen LogP contribution >= 0.6 is 24.0 Å². The zero-order valence-electron chi connectivity index (χ0n) is 11.4. The average Bonchev–Trinajstić information content (AvgIpc) is 2.45. The van der Waals surface area contributed by atoms with Crippen LogP contribution in [0.5, 0.6) is 5.75 Å². The third kappa shape index (κ3) is 3.86. The Bertz CT molecular complexity index is 442. The maximum absolute atomic E-state index is 6.00. The van der Waals surface area contributed by atoms with Gasteiger partial charge in [0.05, 0.1) is 12.2 Å². The van der Waals surface area contributed by atoms with Crippen LogP contribution in [0, 0.1) is 5.92 Å². The summed E-state index contributed by atoms with van der Waals surface area (Å²) in [6, 6.07) is 6.01. The van der Waals surface area contributed by atoms with E-state index in [1.807, 2.05) is 24.5 Å². The lowest BCUT2D eigenvalue weighted by molar-refractivity contribution is 0.208. The molecule has 2 N–H and O–H groups in total. The second kappa shape index (κ2) is 7.15. The zero-order chi connectivity index (χ0) is 13.7. The van der Waals surface area contributed by atoms with E-state index in [4.69, 9.17) is 22.7 Å². The van der Waals surface area contributed by atoms with Gasteiger partial charge in [-0.1, -0.05) is 37.5 Å². The molecule has 0 saturated heterocycles. The third-order valence-corrected chi connectivity index (χ3v) is 4.64. The van der Waals surface area contributed by atoms with Crippen LogP contribution in [-0.4, -0.2) is 17.9 Å². The van der Waals surface area contributed by atoms with E-state index in [9.17, 15) is 0 Å². The highest BCUT2D eigenvalue weighted by atomic mass is 32.2. The minimum absolute atomic E-state index is 0.420. The Hall–Kier alpha value is -0.740. The molecule has 0 aromatic heterocycles. The fourth-order valence-corrected chi connectivity index (χ4v) is 3.51.